The number of hydrogen-bond acceptors (Lipinski definition) is 6. The van der Waals surface area contributed by atoms with Gasteiger partial charge in [-0.05, 0) is 63.0 Å². The molecule has 1 fully saturated rings. The second kappa shape index (κ2) is 8.17. The molecule has 0 amide bonds. The Balaban J connectivity index is 1.39. The van der Waals surface area contributed by atoms with E-state index >= 15 is 0 Å². The molecule has 2 aliphatic rings. The van der Waals surface area contributed by atoms with Crippen LogP contribution in [0.2, 0.25) is 0 Å². The zero-order chi connectivity index (χ0) is 18.6. The van der Waals surface area contributed by atoms with Crippen molar-refractivity contribution in [2.75, 3.05) is 12.4 Å². The van der Waals surface area contributed by atoms with Crippen molar-refractivity contribution in [3.05, 3.63) is 45.8 Å². The van der Waals surface area contributed by atoms with E-state index < -0.39 is 0 Å². The van der Waals surface area contributed by atoms with Gasteiger partial charge < -0.3 is 10.1 Å². The summed E-state index contributed by atoms with van der Waals surface area (Å²) < 4.78 is 6.85. The summed E-state index contributed by atoms with van der Waals surface area (Å²) in [6.07, 6.45) is 10.0. The first-order valence-corrected chi connectivity index (χ1v) is 9.92. The Morgan fingerprint density at radius 3 is 2.85 bits per heavy atom. The third kappa shape index (κ3) is 4.18. The van der Waals surface area contributed by atoms with Gasteiger partial charge in [0.2, 0.25) is 0 Å². The van der Waals surface area contributed by atoms with Crippen molar-refractivity contribution in [1.29, 1.82) is 0 Å². The second-order valence-electron chi connectivity index (χ2n) is 7.55. The molecule has 2 heterocycles. The highest BCUT2D eigenvalue weighted by molar-refractivity contribution is 5.34. The molecule has 0 aliphatic heterocycles. The number of methoxy groups -OCH3 is 1. The first kappa shape index (κ1) is 18.1. The third-order valence-electron chi connectivity index (χ3n) is 5.61. The maximum atomic E-state index is 12.5. The minimum atomic E-state index is 0.0621. The summed E-state index contributed by atoms with van der Waals surface area (Å²) in [6.45, 7) is 0.412. The predicted octanol–water partition coefficient (Wildman–Crippen LogP) is 2.65. The molecule has 2 aliphatic carbocycles. The highest BCUT2D eigenvalue weighted by Gasteiger charge is 2.25. The number of anilines is 1. The molecular formula is C20H27N5O2. The molecule has 0 spiro atoms. The Labute approximate surface area is 159 Å². The van der Waals surface area contributed by atoms with E-state index in [0.29, 0.717) is 18.5 Å². The van der Waals surface area contributed by atoms with Crippen molar-refractivity contribution in [3.63, 3.8) is 0 Å². The normalized spacial score (nSPS) is 22.3. The Hall–Kier alpha value is -2.28. The summed E-state index contributed by atoms with van der Waals surface area (Å²) in [4.78, 5) is 21.2. The predicted molar refractivity (Wildman–Crippen MR) is 103 cm³/mol. The van der Waals surface area contributed by atoms with Crippen LogP contribution in [0, 0.1) is 0 Å². The van der Waals surface area contributed by atoms with Crippen LogP contribution in [-0.2, 0) is 24.2 Å². The zero-order valence-corrected chi connectivity index (χ0v) is 15.9. The molecule has 0 radical (unpaired) electrons. The minimum absolute atomic E-state index is 0.0621. The molecule has 1 N–H and O–H groups in total. The molecule has 4 rings (SSSR count). The fourth-order valence-electron chi connectivity index (χ4n) is 4.19. The molecule has 7 heteroatoms. The van der Waals surface area contributed by atoms with Crippen LogP contribution in [0.3, 0.4) is 0 Å². The van der Waals surface area contributed by atoms with Gasteiger partial charge in [0.25, 0.3) is 5.56 Å². The molecule has 27 heavy (non-hydrogen) atoms. The monoisotopic (exact) mass is 369 g/mol. The topological polar surface area (TPSA) is 81.9 Å². The van der Waals surface area contributed by atoms with Crippen LogP contribution in [0.5, 0.6) is 0 Å². The number of fused-ring (bicyclic) bond motifs is 1. The Morgan fingerprint density at radius 2 is 2.04 bits per heavy atom. The molecule has 2 aromatic heterocycles. The zero-order valence-electron chi connectivity index (χ0n) is 15.9. The van der Waals surface area contributed by atoms with E-state index in [2.05, 4.69) is 15.3 Å². The van der Waals surface area contributed by atoms with E-state index in [-0.39, 0.29) is 11.6 Å². The quantitative estimate of drug-likeness (QED) is 0.872. The maximum absolute atomic E-state index is 12.5. The summed E-state index contributed by atoms with van der Waals surface area (Å²) in [5, 5.41) is 8.23. The molecule has 0 atom stereocenters. The van der Waals surface area contributed by atoms with Gasteiger partial charge in [-0.2, -0.15) is 5.10 Å². The van der Waals surface area contributed by atoms with Crippen LogP contribution in [-0.4, -0.2) is 32.9 Å². The fraction of sp³-hybridized carbons (Fsp3) is 0.600. The molecule has 7 nitrogen and oxygen atoms in total. The van der Waals surface area contributed by atoms with Gasteiger partial charge in [-0.15, -0.1) is 0 Å². The lowest BCUT2D eigenvalue weighted by molar-refractivity contribution is 0.178. The van der Waals surface area contributed by atoms with Crippen molar-refractivity contribution in [2.24, 2.45) is 0 Å². The van der Waals surface area contributed by atoms with E-state index in [9.17, 15) is 4.79 Å². The van der Waals surface area contributed by atoms with Crippen LogP contribution in [0.25, 0.3) is 0 Å². The molecule has 0 saturated heterocycles. The fourth-order valence-corrected chi connectivity index (χ4v) is 4.19. The summed E-state index contributed by atoms with van der Waals surface area (Å²) >= 11 is 0. The molecule has 0 unspecified atom stereocenters. The summed E-state index contributed by atoms with van der Waals surface area (Å²) in [5.74, 6) is 1.52. The lowest BCUT2D eigenvalue weighted by Gasteiger charge is -2.30. The van der Waals surface area contributed by atoms with Gasteiger partial charge in [0, 0.05) is 25.4 Å². The van der Waals surface area contributed by atoms with Gasteiger partial charge in [0.05, 0.1) is 11.7 Å². The molecular weight excluding hydrogens is 342 g/mol. The van der Waals surface area contributed by atoms with Crippen molar-refractivity contribution >= 4 is 5.82 Å². The Morgan fingerprint density at radius 1 is 1.22 bits per heavy atom. The lowest BCUT2D eigenvalue weighted by Crippen LogP contribution is -2.34. The van der Waals surface area contributed by atoms with E-state index in [1.807, 2.05) is 12.1 Å². The highest BCUT2D eigenvalue weighted by Crippen LogP contribution is 2.29. The van der Waals surface area contributed by atoms with Gasteiger partial charge in [0.1, 0.15) is 12.4 Å². The Bertz CT molecular complexity index is 843. The molecule has 0 aromatic carbocycles. The average molecular weight is 369 g/mol. The number of aryl methyl sites for hydroxylation is 2. The largest absolute Gasteiger partial charge is 0.377 e. The molecule has 2 aromatic rings. The average Bonchev–Trinajstić information content (AvgIpc) is 2.69. The van der Waals surface area contributed by atoms with Crippen molar-refractivity contribution in [1.82, 2.24) is 19.7 Å². The van der Waals surface area contributed by atoms with Crippen LogP contribution in [0.4, 0.5) is 5.82 Å². The van der Waals surface area contributed by atoms with Gasteiger partial charge in [-0.1, -0.05) is 0 Å². The Kier molecular flexibility index (Phi) is 5.48. The smallest absolute Gasteiger partial charge is 0.267 e. The van der Waals surface area contributed by atoms with E-state index in [1.165, 1.54) is 12.8 Å². The SMILES string of the molecule is COCc1nccc(NC2CCC(n3nc4c(cc3=O)CCCC4)CC2)n1. The third-order valence-corrected chi connectivity index (χ3v) is 5.61. The molecule has 0 bridgehead atoms. The van der Waals surface area contributed by atoms with Gasteiger partial charge >= 0.3 is 0 Å². The first-order valence-electron chi connectivity index (χ1n) is 9.92. The van der Waals surface area contributed by atoms with E-state index in [4.69, 9.17) is 9.84 Å². The van der Waals surface area contributed by atoms with Crippen molar-refractivity contribution in [2.45, 2.75) is 70.1 Å². The minimum Gasteiger partial charge on any atom is -0.377 e. The van der Waals surface area contributed by atoms with Crippen molar-refractivity contribution in [3.8, 4) is 0 Å². The van der Waals surface area contributed by atoms with Crippen molar-refractivity contribution < 1.29 is 4.74 Å². The van der Waals surface area contributed by atoms with Gasteiger partial charge in [0.15, 0.2) is 5.82 Å². The number of nitrogens with zero attached hydrogens (tertiary/aromatic N) is 4. The van der Waals surface area contributed by atoms with Gasteiger partial charge in [-0.25, -0.2) is 14.6 Å². The number of aromatic nitrogens is 4. The summed E-state index contributed by atoms with van der Waals surface area (Å²) in [5.41, 5.74) is 2.35. The number of rotatable bonds is 5. The first-order chi connectivity index (χ1) is 13.2. The van der Waals surface area contributed by atoms with E-state index in [0.717, 1.165) is 55.6 Å². The number of hydrogen-bond donors (Lipinski definition) is 1. The number of nitrogens with one attached hydrogen (secondary N) is 1. The lowest BCUT2D eigenvalue weighted by atomic mass is 9.91. The van der Waals surface area contributed by atoms with Crippen LogP contribution in [0.15, 0.2) is 23.1 Å². The standard InChI is InChI=1S/C20H27N5O2/c1-27-13-19-21-11-10-18(23-19)22-15-6-8-16(9-7-15)25-20(26)12-14-4-2-3-5-17(14)24-25/h10-12,15-16H,2-9,13H2,1H3,(H,21,22,23). The second-order valence-corrected chi connectivity index (χ2v) is 7.55. The van der Waals surface area contributed by atoms with Crippen LogP contribution in [0.1, 0.15) is 61.6 Å². The van der Waals surface area contributed by atoms with E-state index in [1.54, 1.807) is 18.0 Å². The molecule has 1 saturated carbocycles. The molecule has 144 valence electrons. The van der Waals surface area contributed by atoms with Crippen LogP contribution < -0.4 is 10.9 Å². The number of ether oxygens (including phenoxy) is 1. The van der Waals surface area contributed by atoms with Crippen LogP contribution >= 0.6 is 0 Å². The summed E-state index contributed by atoms with van der Waals surface area (Å²) in [7, 11) is 1.64. The maximum Gasteiger partial charge on any atom is 0.267 e. The van der Waals surface area contributed by atoms with Gasteiger partial charge in [-0.3, -0.25) is 4.79 Å². The highest BCUT2D eigenvalue weighted by atomic mass is 16.5. The summed E-state index contributed by atoms with van der Waals surface area (Å²) in [6, 6.07) is 4.28.